The SMILES string of the molecule is C[C@H](Cc1ccc(O)cc1)CN1CC2CCCC2C1. The van der Waals surface area contributed by atoms with Crippen molar-refractivity contribution in [1.82, 2.24) is 4.90 Å². The Morgan fingerprint density at radius 2 is 1.79 bits per heavy atom. The number of likely N-dealkylation sites (tertiary alicyclic amines) is 1. The Morgan fingerprint density at radius 3 is 2.42 bits per heavy atom. The van der Waals surface area contributed by atoms with Crippen LogP contribution >= 0.6 is 0 Å². The van der Waals surface area contributed by atoms with Crippen LogP contribution in [0.1, 0.15) is 31.7 Å². The van der Waals surface area contributed by atoms with Gasteiger partial charge in [-0.1, -0.05) is 25.5 Å². The first-order chi connectivity index (χ1) is 9.20. The Hall–Kier alpha value is -1.02. The molecule has 1 aliphatic heterocycles. The van der Waals surface area contributed by atoms with E-state index in [1.54, 1.807) is 12.1 Å². The van der Waals surface area contributed by atoms with Crippen LogP contribution in [-0.4, -0.2) is 29.6 Å². The Morgan fingerprint density at radius 1 is 1.16 bits per heavy atom. The lowest BCUT2D eigenvalue weighted by Gasteiger charge is -2.21. The number of nitrogens with zero attached hydrogens (tertiary/aromatic N) is 1. The third kappa shape index (κ3) is 3.11. The number of phenolic OH excluding ortho intramolecular Hbond substituents is 1. The third-order valence-corrected chi connectivity index (χ3v) is 4.89. The van der Waals surface area contributed by atoms with Crippen LogP contribution < -0.4 is 0 Å². The lowest BCUT2D eigenvalue weighted by Crippen LogP contribution is -2.28. The average Bonchev–Trinajstić information content (AvgIpc) is 2.92. The number of benzene rings is 1. The molecule has 2 aliphatic rings. The highest BCUT2D eigenvalue weighted by Crippen LogP contribution is 2.37. The van der Waals surface area contributed by atoms with Gasteiger partial charge in [-0.05, 0) is 54.7 Å². The molecule has 104 valence electrons. The zero-order valence-electron chi connectivity index (χ0n) is 11.9. The predicted octanol–water partition coefficient (Wildman–Crippen LogP) is 3.30. The van der Waals surface area contributed by atoms with E-state index in [0.717, 1.165) is 18.3 Å². The monoisotopic (exact) mass is 259 g/mol. The van der Waals surface area contributed by atoms with E-state index in [9.17, 15) is 5.11 Å². The number of hydrogen-bond donors (Lipinski definition) is 1. The molecule has 1 saturated heterocycles. The summed E-state index contributed by atoms with van der Waals surface area (Å²) >= 11 is 0. The fraction of sp³-hybridized carbons (Fsp3) is 0.647. The smallest absolute Gasteiger partial charge is 0.115 e. The summed E-state index contributed by atoms with van der Waals surface area (Å²) in [5.41, 5.74) is 1.34. The van der Waals surface area contributed by atoms with Gasteiger partial charge < -0.3 is 10.0 Å². The van der Waals surface area contributed by atoms with E-state index >= 15 is 0 Å². The van der Waals surface area contributed by atoms with Gasteiger partial charge in [-0.2, -0.15) is 0 Å². The molecule has 0 radical (unpaired) electrons. The molecule has 0 spiro atoms. The fourth-order valence-electron chi connectivity index (χ4n) is 4.02. The van der Waals surface area contributed by atoms with Crippen molar-refractivity contribution in [3.8, 4) is 5.75 Å². The van der Waals surface area contributed by atoms with Gasteiger partial charge in [0.1, 0.15) is 5.75 Å². The van der Waals surface area contributed by atoms with Gasteiger partial charge in [0.05, 0.1) is 0 Å². The zero-order chi connectivity index (χ0) is 13.2. The van der Waals surface area contributed by atoms with Crippen LogP contribution in [0.5, 0.6) is 5.75 Å². The minimum atomic E-state index is 0.365. The largest absolute Gasteiger partial charge is 0.508 e. The van der Waals surface area contributed by atoms with E-state index in [0.29, 0.717) is 11.7 Å². The molecule has 1 saturated carbocycles. The first-order valence-electron chi connectivity index (χ1n) is 7.71. The molecule has 1 aromatic carbocycles. The van der Waals surface area contributed by atoms with Gasteiger partial charge in [-0.3, -0.25) is 0 Å². The maximum Gasteiger partial charge on any atom is 0.115 e. The van der Waals surface area contributed by atoms with Gasteiger partial charge in [-0.15, -0.1) is 0 Å². The minimum absolute atomic E-state index is 0.365. The second kappa shape index (κ2) is 5.54. The van der Waals surface area contributed by atoms with Gasteiger partial charge in [0.2, 0.25) is 0 Å². The summed E-state index contributed by atoms with van der Waals surface area (Å²) in [4.78, 5) is 2.68. The Bertz CT molecular complexity index is 402. The molecule has 1 N–H and O–H groups in total. The second-order valence-corrected chi connectivity index (χ2v) is 6.65. The number of aromatic hydroxyl groups is 1. The average molecular weight is 259 g/mol. The molecule has 2 fully saturated rings. The minimum Gasteiger partial charge on any atom is -0.508 e. The van der Waals surface area contributed by atoms with Gasteiger partial charge in [-0.25, -0.2) is 0 Å². The highest BCUT2D eigenvalue weighted by Gasteiger charge is 2.36. The maximum absolute atomic E-state index is 9.30. The molecule has 1 heterocycles. The molecule has 3 atom stereocenters. The van der Waals surface area contributed by atoms with Crippen LogP contribution in [0.25, 0.3) is 0 Å². The highest BCUT2D eigenvalue weighted by atomic mass is 16.3. The van der Waals surface area contributed by atoms with Gasteiger partial charge >= 0.3 is 0 Å². The third-order valence-electron chi connectivity index (χ3n) is 4.89. The van der Waals surface area contributed by atoms with E-state index in [2.05, 4.69) is 11.8 Å². The van der Waals surface area contributed by atoms with Gasteiger partial charge in [0.25, 0.3) is 0 Å². The van der Waals surface area contributed by atoms with E-state index in [1.807, 2.05) is 12.1 Å². The first kappa shape index (κ1) is 13.0. The Kier molecular flexibility index (Phi) is 3.79. The number of rotatable bonds is 4. The number of hydrogen-bond acceptors (Lipinski definition) is 2. The maximum atomic E-state index is 9.30. The van der Waals surface area contributed by atoms with Crippen molar-refractivity contribution in [2.45, 2.75) is 32.6 Å². The van der Waals surface area contributed by atoms with Crippen molar-refractivity contribution < 1.29 is 5.11 Å². The molecule has 0 aromatic heterocycles. The molecular formula is C17H25NO. The van der Waals surface area contributed by atoms with Crippen LogP contribution in [0.4, 0.5) is 0 Å². The molecule has 1 aromatic rings. The summed E-state index contributed by atoms with van der Waals surface area (Å²) in [6, 6.07) is 7.68. The van der Waals surface area contributed by atoms with Gasteiger partial charge in [0, 0.05) is 19.6 Å². The Balaban J connectivity index is 1.49. The van der Waals surface area contributed by atoms with Crippen LogP contribution in [0, 0.1) is 17.8 Å². The number of fused-ring (bicyclic) bond motifs is 1. The van der Waals surface area contributed by atoms with Crippen LogP contribution in [0.3, 0.4) is 0 Å². The predicted molar refractivity (Wildman–Crippen MR) is 78.2 cm³/mol. The lowest BCUT2D eigenvalue weighted by atomic mass is 10.0. The zero-order valence-corrected chi connectivity index (χ0v) is 11.9. The van der Waals surface area contributed by atoms with Gasteiger partial charge in [0.15, 0.2) is 0 Å². The highest BCUT2D eigenvalue weighted by molar-refractivity contribution is 5.26. The Labute approximate surface area is 116 Å². The molecular weight excluding hydrogens is 234 g/mol. The van der Waals surface area contributed by atoms with Crippen molar-refractivity contribution in [1.29, 1.82) is 0 Å². The first-order valence-corrected chi connectivity index (χ1v) is 7.71. The van der Waals surface area contributed by atoms with Crippen LogP contribution in [-0.2, 0) is 6.42 Å². The van der Waals surface area contributed by atoms with E-state index in [1.165, 1.54) is 44.5 Å². The molecule has 0 bridgehead atoms. The van der Waals surface area contributed by atoms with E-state index in [-0.39, 0.29) is 0 Å². The molecule has 2 nitrogen and oxygen atoms in total. The summed E-state index contributed by atoms with van der Waals surface area (Å²) in [5.74, 6) is 3.06. The molecule has 2 unspecified atom stereocenters. The van der Waals surface area contributed by atoms with Crippen molar-refractivity contribution in [3.05, 3.63) is 29.8 Å². The lowest BCUT2D eigenvalue weighted by molar-refractivity contribution is 0.267. The van der Waals surface area contributed by atoms with E-state index in [4.69, 9.17) is 0 Å². The standard InChI is InChI=1S/C17H25NO/c1-13(9-14-5-7-17(19)8-6-14)10-18-11-15-3-2-4-16(15)12-18/h5-8,13,15-16,19H,2-4,9-12H2,1H3/t13-,15?,16?/m1/s1. The molecule has 0 amide bonds. The van der Waals surface area contributed by atoms with E-state index < -0.39 is 0 Å². The topological polar surface area (TPSA) is 23.5 Å². The second-order valence-electron chi connectivity index (χ2n) is 6.65. The fourth-order valence-corrected chi connectivity index (χ4v) is 4.02. The summed E-state index contributed by atoms with van der Waals surface area (Å²) in [7, 11) is 0. The summed E-state index contributed by atoms with van der Waals surface area (Å²) in [5, 5.41) is 9.30. The molecule has 2 heteroatoms. The quantitative estimate of drug-likeness (QED) is 0.897. The molecule has 3 rings (SSSR count). The molecule has 19 heavy (non-hydrogen) atoms. The van der Waals surface area contributed by atoms with Crippen LogP contribution in [0.2, 0.25) is 0 Å². The van der Waals surface area contributed by atoms with Crippen molar-refractivity contribution in [2.75, 3.05) is 19.6 Å². The molecule has 1 aliphatic carbocycles. The van der Waals surface area contributed by atoms with Crippen molar-refractivity contribution >= 4 is 0 Å². The normalized spacial score (nSPS) is 28.5. The summed E-state index contributed by atoms with van der Waals surface area (Å²) < 4.78 is 0. The van der Waals surface area contributed by atoms with Crippen LogP contribution in [0.15, 0.2) is 24.3 Å². The van der Waals surface area contributed by atoms with Crippen molar-refractivity contribution in [2.24, 2.45) is 17.8 Å². The number of phenols is 1. The van der Waals surface area contributed by atoms with Crippen molar-refractivity contribution in [3.63, 3.8) is 0 Å². The summed E-state index contributed by atoms with van der Waals surface area (Å²) in [6.07, 6.45) is 5.51. The summed E-state index contributed by atoms with van der Waals surface area (Å²) in [6.45, 7) is 6.25.